The van der Waals surface area contributed by atoms with Gasteiger partial charge < -0.3 is 0 Å². The standard InChI is InChI=1S/C14H23N3O3S/c1-4-12-15-14(13(18)17(12)5-2)7-6-10-8-16(9-11(10)14)21(3,19)20/h10-11H,4-9H2,1-3H3/t10-,11+,14-/m0/s1. The van der Waals surface area contributed by atoms with E-state index in [0.29, 0.717) is 19.6 Å². The average molecular weight is 313 g/mol. The van der Waals surface area contributed by atoms with Crippen LogP contribution in [0.25, 0.3) is 0 Å². The summed E-state index contributed by atoms with van der Waals surface area (Å²) < 4.78 is 25.1. The Bertz CT molecular complexity index is 601. The second-order valence-electron chi connectivity index (χ2n) is 6.34. The zero-order chi connectivity index (χ0) is 15.4. The number of sulfonamides is 1. The van der Waals surface area contributed by atoms with Gasteiger partial charge in [0.05, 0.1) is 6.26 Å². The van der Waals surface area contributed by atoms with Crippen LogP contribution in [0.3, 0.4) is 0 Å². The van der Waals surface area contributed by atoms with Crippen molar-refractivity contribution in [3.05, 3.63) is 0 Å². The summed E-state index contributed by atoms with van der Waals surface area (Å²) in [6, 6.07) is 0. The van der Waals surface area contributed by atoms with Crippen LogP contribution in [0.2, 0.25) is 0 Å². The molecule has 3 aliphatic rings. The number of amides is 1. The Kier molecular flexibility index (Phi) is 3.40. The summed E-state index contributed by atoms with van der Waals surface area (Å²) in [5, 5.41) is 0. The molecule has 1 aliphatic carbocycles. The maximum Gasteiger partial charge on any atom is 0.256 e. The third-order valence-electron chi connectivity index (χ3n) is 5.27. The molecule has 1 saturated heterocycles. The number of hydrogen-bond donors (Lipinski definition) is 0. The highest BCUT2D eigenvalue weighted by Crippen LogP contribution is 2.50. The van der Waals surface area contributed by atoms with Gasteiger partial charge in [0.25, 0.3) is 5.91 Å². The average Bonchev–Trinajstić information content (AvgIpc) is 3.04. The lowest BCUT2D eigenvalue weighted by molar-refractivity contribution is -0.132. The van der Waals surface area contributed by atoms with Gasteiger partial charge in [-0.15, -0.1) is 0 Å². The molecule has 3 atom stereocenters. The number of likely N-dealkylation sites (N-methyl/N-ethyl adjacent to an activating group) is 1. The van der Waals surface area contributed by atoms with Gasteiger partial charge in [-0.2, -0.15) is 0 Å². The first-order valence-corrected chi connectivity index (χ1v) is 9.54. The minimum atomic E-state index is -3.19. The Morgan fingerprint density at radius 2 is 2.05 bits per heavy atom. The maximum atomic E-state index is 12.9. The van der Waals surface area contributed by atoms with E-state index >= 15 is 0 Å². The molecule has 2 fully saturated rings. The molecule has 1 spiro atoms. The fourth-order valence-electron chi connectivity index (χ4n) is 4.22. The molecule has 0 aromatic carbocycles. The largest absolute Gasteiger partial charge is 0.299 e. The Hall–Kier alpha value is -0.950. The highest BCUT2D eigenvalue weighted by molar-refractivity contribution is 7.88. The molecular weight excluding hydrogens is 290 g/mol. The molecule has 1 saturated carbocycles. The van der Waals surface area contributed by atoms with E-state index in [1.807, 2.05) is 13.8 Å². The maximum absolute atomic E-state index is 12.9. The van der Waals surface area contributed by atoms with Crippen LogP contribution >= 0.6 is 0 Å². The van der Waals surface area contributed by atoms with Crippen LogP contribution in [-0.4, -0.2) is 60.8 Å². The third-order valence-corrected chi connectivity index (χ3v) is 6.51. The molecule has 6 nitrogen and oxygen atoms in total. The first kappa shape index (κ1) is 15.0. The predicted molar refractivity (Wildman–Crippen MR) is 80.5 cm³/mol. The summed E-state index contributed by atoms with van der Waals surface area (Å²) in [6.45, 7) is 5.60. The highest BCUT2D eigenvalue weighted by atomic mass is 32.2. The van der Waals surface area contributed by atoms with Crippen molar-refractivity contribution in [2.24, 2.45) is 16.8 Å². The summed E-state index contributed by atoms with van der Waals surface area (Å²) >= 11 is 0. The fourth-order valence-corrected chi connectivity index (χ4v) is 5.11. The van der Waals surface area contributed by atoms with Crippen molar-refractivity contribution in [1.82, 2.24) is 9.21 Å². The number of rotatable bonds is 3. The van der Waals surface area contributed by atoms with Crippen molar-refractivity contribution in [2.75, 3.05) is 25.9 Å². The fraction of sp³-hybridized carbons (Fsp3) is 0.857. The summed E-state index contributed by atoms with van der Waals surface area (Å²) in [5.74, 6) is 1.26. The number of aliphatic imine (C=N–C) groups is 1. The van der Waals surface area contributed by atoms with E-state index in [2.05, 4.69) is 0 Å². The van der Waals surface area contributed by atoms with Gasteiger partial charge >= 0.3 is 0 Å². The van der Waals surface area contributed by atoms with E-state index < -0.39 is 15.6 Å². The highest BCUT2D eigenvalue weighted by Gasteiger charge is 2.61. The van der Waals surface area contributed by atoms with Gasteiger partial charge in [-0.25, -0.2) is 12.7 Å². The molecule has 0 radical (unpaired) electrons. The van der Waals surface area contributed by atoms with E-state index in [4.69, 9.17) is 4.99 Å². The van der Waals surface area contributed by atoms with Crippen molar-refractivity contribution < 1.29 is 13.2 Å². The Labute approximate surface area is 126 Å². The number of hydrogen-bond acceptors (Lipinski definition) is 4. The summed E-state index contributed by atoms with van der Waals surface area (Å²) in [6.07, 6.45) is 3.64. The van der Waals surface area contributed by atoms with Crippen LogP contribution < -0.4 is 0 Å². The zero-order valence-electron chi connectivity index (χ0n) is 12.9. The predicted octanol–water partition coefficient (Wildman–Crippen LogP) is 0.697. The SMILES string of the molecule is CCC1=N[C@]2(CC[C@H]3CN(S(C)(=O)=O)C[C@H]32)C(=O)N1CC. The molecular formula is C14H23N3O3S. The first-order chi connectivity index (χ1) is 9.83. The molecule has 0 unspecified atom stereocenters. The zero-order valence-corrected chi connectivity index (χ0v) is 13.7. The minimum absolute atomic E-state index is 0.0397. The van der Waals surface area contributed by atoms with Crippen molar-refractivity contribution in [2.45, 2.75) is 38.6 Å². The third kappa shape index (κ3) is 2.04. The van der Waals surface area contributed by atoms with Crippen LogP contribution in [0.4, 0.5) is 0 Å². The van der Waals surface area contributed by atoms with Crippen molar-refractivity contribution in [3.8, 4) is 0 Å². The van der Waals surface area contributed by atoms with Gasteiger partial charge in [-0.05, 0) is 25.7 Å². The van der Waals surface area contributed by atoms with Crippen LogP contribution in [0.15, 0.2) is 4.99 Å². The molecule has 2 heterocycles. The number of nitrogens with zero attached hydrogens (tertiary/aromatic N) is 3. The van der Waals surface area contributed by atoms with E-state index in [9.17, 15) is 13.2 Å². The lowest BCUT2D eigenvalue weighted by Gasteiger charge is -2.27. The van der Waals surface area contributed by atoms with E-state index in [1.165, 1.54) is 10.6 Å². The molecule has 0 bridgehead atoms. The molecule has 1 amide bonds. The molecule has 21 heavy (non-hydrogen) atoms. The van der Waals surface area contributed by atoms with Crippen LogP contribution in [0.1, 0.15) is 33.1 Å². The van der Waals surface area contributed by atoms with Crippen LogP contribution in [0, 0.1) is 11.8 Å². The lowest BCUT2D eigenvalue weighted by atomic mass is 9.85. The molecule has 0 aromatic rings. The number of fused-ring (bicyclic) bond motifs is 2. The molecule has 7 heteroatoms. The summed E-state index contributed by atoms with van der Waals surface area (Å²) in [5.41, 5.74) is -0.689. The van der Waals surface area contributed by atoms with Crippen LogP contribution in [-0.2, 0) is 14.8 Å². The smallest absolute Gasteiger partial charge is 0.256 e. The minimum Gasteiger partial charge on any atom is -0.299 e. The topological polar surface area (TPSA) is 70.0 Å². The number of carbonyl (C=O) groups excluding carboxylic acids is 1. The normalized spacial score (nSPS) is 36.6. The Morgan fingerprint density at radius 3 is 2.57 bits per heavy atom. The Morgan fingerprint density at radius 1 is 1.33 bits per heavy atom. The van der Waals surface area contributed by atoms with Crippen molar-refractivity contribution in [1.29, 1.82) is 0 Å². The van der Waals surface area contributed by atoms with E-state index in [0.717, 1.165) is 25.1 Å². The molecule has 0 aromatic heterocycles. The molecule has 118 valence electrons. The number of carbonyl (C=O) groups is 1. The quantitative estimate of drug-likeness (QED) is 0.770. The van der Waals surface area contributed by atoms with Gasteiger partial charge in [0.1, 0.15) is 11.4 Å². The summed E-state index contributed by atoms with van der Waals surface area (Å²) in [4.78, 5) is 19.5. The second-order valence-corrected chi connectivity index (χ2v) is 8.32. The first-order valence-electron chi connectivity index (χ1n) is 7.69. The van der Waals surface area contributed by atoms with Gasteiger partial charge in [0.15, 0.2) is 0 Å². The molecule has 3 rings (SSSR count). The molecule has 2 aliphatic heterocycles. The second kappa shape index (κ2) is 4.78. The van der Waals surface area contributed by atoms with Gasteiger partial charge in [-0.1, -0.05) is 6.92 Å². The number of amidine groups is 1. The van der Waals surface area contributed by atoms with Gasteiger partial charge in [-0.3, -0.25) is 14.7 Å². The van der Waals surface area contributed by atoms with Crippen molar-refractivity contribution in [3.63, 3.8) is 0 Å². The molecule has 0 N–H and O–H groups in total. The van der Waals surface area contributed by atoms with Gasteiger partial charge in [0.2, 0.25) is 10.0 Å². The van der Waals surface area contributed by atoms with Crippen molar-refractivity contribution >= 4 is 21.8 Å². The van der Waals surface area contributed by atoms with Gasteiger partial charge in [0, 0.05) is 32.0 Å². The van der Waals surface area contributed by atoms with E-state index in [1.54, 1.807) is 4.90 Å². The van der Waals surface area contributed by atoms with Crippen LogP contribution in [0.5, 0.6) is 0 Å². The Balaban J connectivity index is 1.94. The summed E-state index contributed by atoms with van der Waals surface area (Å²) in [7, 11) is -3.19. The van der Waals surface area contributed by atoms with E-state index in [-0.39, 0.29) is 17.7 Å². The monoisotopic (exact) mass is 313 g/mol. The lowest BCUT2D eigenvalue weighted by Crippen LogP contribution is -2.46.